The summed E-state index contributed by atoms with van der Waals surface area (Å²) in [6.07, 6.45) is 0. The van der Waals surface area contributed by atoms with E-state index >= 15 is 0 Å². The van der Waals surface area contributed by atoms with Gasteiger partial charge >= 0.3 is 12.0 Å². The number of amides is 2. The molecular weight excluding hydrogens is 408 g/mol. The van der Waals surface area contributed by atoms with E-state index in [0.29, 0.717) is 31.2 Å². The highest BCUT2D eigenvalue weighted by atomic mass is 16.5. The highest BCUT2D eigenvalue weighted by Crippen LogP contribution is 2.24. The highest BCUT2D eigenvalue weighted by Gasteiger charge is 2.12. The first-order chi connectivity index (χ1) is 15.5. The standard InChI is InChI=1S/C25H26N2O5/c1-26-25(30)27(17-19-5-3-2-4-6-19)15-16-31-22-11-7-20(8-12-22)21-9-13-23(14-10-21)32-18-24(28)29/h2-14H,15-18H2,1H3,(H,26,30)(H,28,29). The lowest BCUT2D eigenvalue weighted by molar-refractivity contribution is -0.139. The molecule has 166 valence electrons. The molecular formula is C25H26N2O5. The number of benzene rings is 3. The second kappa shape index (κ2) is 11.4. The molecule has 0 heterocycles. The van der Waals surface area contributed by atoms with Crippen molar-refractivity contribution in [2.75, 3.05) is 26.8 Å². The SMILES string of the molecule is CNC(=O)N(CCOc1ccc(-c2ccc(OCC(=O)O)cc2)cc1)Cc1ccccc1. The molecule has 0 radical (unpaired) electrons. The van der Waals surface area contributed by atoms with Crippen molar-refractivity contribution in [1.82, 2.24) is 10.2 Å². The number of hydrogen-bond donors (Lipinski definition) is 2. The molecule has 3 rings (SSSR count). The number of ether oxygens (including phenoxy) is 2. The third kappa shape index (κ3) is 6.77. The highest BCUT2D eigenvalue weighted by molar-refractivity contribution is 5.73. The van der Waals surface area contributed by atoms with Crippen LogP contribution in [0.25, 0.3) is 11.1 Å². The number of carbonyl (C=O) groups is 2. The lowest BCUT2D eigenvalue weighted by atomic mass is 10.1. The van der Waals surface area contributed by atoms with Gasteiger partial charge in [0.1, 0.15) is 18.1 Å². The van der Waals surface area contributed by atoms with Gasteiger partial charge in [-0.1, -0.05) is 54.6 Å². The lowest BCUT2D eigenvalue weighted by Crippen LogP contribution is -2.40. The number of carboxylic acids is 1. The van der Waals surface area contributed by atoms with Gasteiger partial charge < -0.3 is 24.8 Å². The van der Waals surface area contributed by atoms with Crippen LogP contribution in [0.1, 0.15) is 5.56 Å². The van der Waals surface area contributed by atoms with E-state index in [-0.39, 0.29) is 12.6 Å². The van der Waals surface area contributed by atoms with Crippen LogP contribution in [0, 0.1) is 0 Å². The molecule has 0 aliphatic rings. The molecule has 3 aromatic rings. The van der Waals surface area contributed by atoms with Gasteiger partial charge in [0.15, 0.2) is 6.61 Å². The lowest BCUT2D eigenvalue weighted by Gasteiger charge is -2.22. The van der Waals surface area contributed by atoms with Crippen LogP contribution in [-0.4, -0.2) is 48.8 Å². The van der Waals surface area contributed by atoms with Crippen LogP contribution in [0.3, 0.4) is 0 Å². The summed E-state index contributed by atoms with van der Waals surface area (Å²) < 4.78 is 11.0. The Morgan fingerprint density at radius 1 is 0.844 bits per heavy atom. The van der Waals surface area contributed by atoms with Crippen molar-refractivity contribution in [3.8, 4) is 22.6 Å². The summed E-state index contributed by atoms with van der Waals surface area (Å²) in [4.78, 5) is 24.5. The normalized spacial score (nSPS) is 10.3. The summed E-state index contributed by atoms with van der Waals surface area (Å²) in [5.74, 6) is 0.210. The van der Waals surface area contributed by atoms with E-state index in [1.807, 2.05) is 66.7 Å². The molecule has 0 saturated carbocycles. The molecule has 2 amide bonds. The maximum Gasteiger partial charge on any atom is 0.341 e. The first kappa shape index (κ1) is 22.7. The monoisotopic (exact) mass is 434 g/mol. The van der Waals surface area contributed by atoms with E-state index in [9.17, 15) is 9.59 Å². The average molecular weight is 434 g/mol. The van der Waals surface area contributed by atoms with Gasteiger partial charge in [-0.15, -0.1) is 0 Å². The minimum Gasteiger partial charge on any atom is -0.492 e. The average Bonchev–Trinajstić information content (AvgIpc) is 2.83. The molecule has 32 heavy (non-hydrogen) atoms. The van der Waals surface area contributed by atoms with E-state index in [2.05, 4.69) is 5.32 Å². The second-order valence-electron chi connectivity index (χ2n) is 7.04. The molecule has 7 nitrogen and oxygen atoms in total. The zero-order valence-electron chi connectivity index (χ0n) is 17.9. The van der Waals surface area contributed by atoms with Gasteiger partial charge in [-0.25, -0.2) is 9.59 Å². The first-order valence-electron chi connectivity index (χ1n) is 10.2. The van der Waals surface area contributed by atoms with Gasteiger partial charge in [0.2, 0.25) is 0 Å². The van der Waals surface area contributed by atoms with Crippen molar-refractivity contribution in [2.24, 2.45) is 0 Å². The molecule has 2 N–H and O–H groups in total. The maximum absolute atomic E-state index is 12.2. The van der Waals surface area contributed by atoms with Crippen molar-refractivity contribution in [1.29, 1.82) is 0 Å². The van der Waals surface area contributed by atoms with Crippen molar-refractivity contribution in [2.45, 2.75) is 6.54 Å². The predicted molar refractivity (Wildman–Crippen MR) is 122 cm³/mol. The van der Waals surface area contributed by atoms with Gasteiger partial charge in [0, 0.05) is 13.6 Å². The van der Waals surface area contributed by atoms with E-state index in [0.717, 1.165) is 16.7 Å². The molecule has 0 spiro atoms. The Hall–Kier alpha value is -4.00. The molecule has 0 aliphatic heterocycles. The molecule has 0 aromatic heterocycles. The summed E-state index contributed by atoms with van der Waals surface area (Å²) in [6, 6.07) is 24.6. The number of rotatable bonds is 10. The maximum atomic E-state index is 12.2. The Morgan fingerprint density at radius 2 is 1.41 bits per heavy atom. The number of hydrogen-bond acceptors (Lipinski definition) is 4. The van der Waals surface area contributed by atoms with Crippen LogP contribution in [0.15, 0.2) is 78.9 Å². The number of nitrogens with one attached hydrogen (secondary N) is 1. The number of carbonyl (C=O) groups excluding carboxylic acids is 1. The van der Waals surface area contributed by atoms with Crippen molar-refractivity contribution in [3.63, 3.8) is 0 Å². The topological polar surface area (TPSA) is 88.1 Å². The molecule has 0 fully saturated rings. The van der Waals surface area contributed by atoms with E-state index in [1.165, 1.54) is 0 Å². The van der Waals surface area contributed by atoms with Crippen molar-refractivity contribution in [3.05, 3.63) is 84.4 Å². The third-order valence-corrected chi connectivity index (χ3v) is 4.75. The fourth-order valence-corrected chi connectivity index (χ4v) is 3.12. The Balaban J connectivity index is 1.53. The fraction of sp³-hybridized carbons (Fsp3) is 0.200. The van der Waals surface area contributed by atoms with Gasteiger partial charge in [0.05, 0.1) is 6.54 Å². The minimum absolute atomic E-state index is 0.149. The summed E-state index contributed by atoms with van der Waals surface area (Å²) in [7, 11) is 1.62. The Kier molecular flexibility index (Phi) is 8.09. The summed E-state index contributed by atoms with van der Waals surface area (Å²) in [6.45, 7) is 0.965. The zero-order chi connectivity index (χ0) is 22.8. The number of nitrogens with zero attached hydrogens (tertiary/aromatic N) is 1. The number of aliphatic carboxylic acids is 1. The number of urea groups is 1. The zero-order valence-corrected chi connectivity index (χ0v) is 17.9. The van der Waals surface area contributed by atoms with Crippen LogP contribution in [0.2, 0.25) is 0 Å². The van der Waals surface area contributed by atoms with Crippen molar-refractivity contribution < 1.29 is 24.2 Å². The van der Waals surface area contributed by atoms with Crippen LogP contribution >= 0.6 is 0 Å². The smallest absolute Gasteiger partial charge is 0.341 e. The predicted octanol–water partition coefficient (Wildman–Crippen LogP) is 4.04. The molecule has 0 aliphatic carbocycles. The molecule has 0 atom stereocenters. The number of carboxylic acid groups (broad SMARTS) is 1. The van der Waals surface area contributed by atoms with Gasteiger partial charge in [-0.2, -0.15) is 0 Å². The van der Waals surface area contributed by atoms with Crippen LogP contribution in [0.5, 0.6) is 11.5 Å². The fourth-order valence-electron chi connectivity index (χ4n) is 3.12. The van der Waals surface area contributed by atoms with Crippen LogP contribution in [-0.2, 0) is 11.3 Å². The molecule has 3 aromatic carbocycles. The van der Waals surface area contributed by atoms with Gasteiger partial charge in [-0.3, -0.25) is 0 Å². The molecule has 0 bridgehead atoms. The molecule has 7 heteroatoms. The Labute approximate surface area is 187 Å². The van der Waals surface area contributed by atoms with Crippen LogP contribution in [0.4, 0.5) is 4.79 Å². The Bertz CT molecular complexity index is 1000. The van der Waals surface area contributed by atoms with Gasteiger partial charge in [-0.05, 0) is 41.0 Å². The third-order valence-electron chi connectivity index (χ3n) is 4.75. The van der Waals surface area contributed by atoms with E-state index in [4.69, 9.17) is 14.6 Å². The Morgan fingerprint density at radius 3 is 1.94 bits per heavy atom. The first-order valence-corrected chi connectivity index (χ1v) is 10.2. The van der Waals surface area contributed by atoms with E-state index < -0.39 is 5.97 Å². The molecule has 0 unspecified atom stereocenters. The summed E-state index contributed by atoms with van der Waals surface area (Å²) >= 11 is 0. The van der Waals surface area contributed by atoms with E-state index in [1.54, 1.807) is 24.1 Å². The summed E-state index contributed by atoms with van der Waals surface area (Å²) in [5.41, 5.74) is 3.03. The van der Waals surface area contributed by atoms with Crippen LogP contribution < -0.4 is 14.8 Å². The largest absolute Gasteiger partial charge is 0.492 e. The summed E-state index contributed by atoms with van der Waals surface area (Å²) in [5, 5.41) is 11.3. The minimum atomic E-state index is -1.01. The second-order valence-corrected chi connectivity index (χ2v) is 7.04. The quantitative estimate of drug-likeness (QED) is 0.503. The van der Waals surface area contributed by atoms with Crippen molar-refractivity contribution >= 4 is 12.0 Å². The van der Waals surface area contributed by atoms with Gasteiger partial charge in [0.25, 0.3) is 0 Å². The molecule has 0 saturated heterocycles.